The Hall–Kier alpha value is -0.930. The Kier molecular flexibility index (Phi) is 1.70. The molecule has 0 spiro atoms. The predicted molar refractivity (Wildman–Crippen MR) is 32.8 cm³/mol. The number of H-pyrrole nitrogens is 1. The van der Waals surface area contributed by atoms with Crippen LogP contribution in [-0.2, 0) is 0 Å². The van der Waals surface area contributed by atoms with Crippen molar-refractivity contribution in [2.24, 2.45) is 0 Å². The minimum absolute atomic E-state index is 0.220. The maximum Gasteiger partial charge on any atom is 0.235 e. The zero-order valence-electron chi connectivity index (χ0n) is 5.78. The van der Waals surface area contributed by atoms with E-state index in [4.69, 9.17) is 0 Å². The Morgan fingerprint density at radius 3 is 2.40 bits per heavy atom. The van der Waals surface area contributed by atoms with Gasteiger partial charge in [-0.2, -0.15) is 4.39 Å². The van der Waals surface area contributed by atoms with Crippen molar-refractivity contribution in [1.82, 2.24) is 10.2 Å². The fraction of sp³-hybridized carbons (Fsp3) is 0.500. The lowest BCUT2D eigenvalue weighted by Gasteiger charge is -1.96. The third kappa shape index (κ3) is 1.01. The Morgan fingerprint density at radius 2 is 2.20 bits per heavy atom. The molecule has 0 amide bonds. The van der Waals surface area contributed by atoms with Crippen molar-refractivity contribution < 1.29 is 8.78 Å². The van der Waals surface area contributed by atoms with Gasteiger partial charge in [0, 0.05) is 5.56 Å². The molecule has 0 fully saturated rings. The van der Waals surface area contributed by atoms with Crippen LogP contribution in [0.15, 0.2) is 0 Å². The Balaban J connectivity index is 3.05. The molecule has 2 nitrogen and oxygen atoms in total. The molecule has 0 aromatic carbocycles. The number of nitrogens with one attached hydrogen (secondary N) is 1. The highest BCUT2D eigenvalue weighted by Crippen LogP contribution is 2.18. The molecule has 56 valence electrons. The van der Waals surface area contributed by atoms with Crippen LogP contribution in [0.25, 0.3) is 0 Å². The lowest BCUT2D eigenvalue weighted by Crippen LogP contribution is -1.88. The Morgan fingerprint density at radius 1 is 1.60 bits per heavy atom. The summed E-state index contributed by atoms with van der Waals surface area (Å²) in [6.07, 6.45) is -1.18. The molecule has 0 radical (unpaired) electrons. The number of rotatable bonds is 1. The van der Waals surface area contributed by atoms with E-state index in [1.54, 1.807) is 0 Å². The molecule has 0 aliphatic carbocycles. The number of aromatic amines is 1. The number of nitrogens with zero attached hydrogens (tertiary/aromatic N) is 1. The molecule has 1 unspecified atom stereocenters. The molecule has 0 aliphatic heterocycles. The van der Waals surface area contributed by atoms with Gasteiger partial charge in [-0.05, 0) is 13.8 Å². The Bertz CT molecular complexity index is 230. The van der Waals surface area contributed by atoms with Crippen LogP contribution in [0.2, 0.25) is 0 Å². The molecular weight excluding hydrogens is 138 g/mol. The standard InChI is InChI=1S/C6H8F2N2/c1-3-5(4(2)7)9-10-6(3)8/h4H,1-2H3,(H,9,10). The summed E-state index contributed by atoms with van der Waals surface area (Å²) in [4.78, 5) is 0. The second-order valence-corrected chi connectivity index (χ2v) is 2.17. The first-order valence-electron chi connectivity index (χ1n) is 2.97. The van der Waals surface area contributed by atoms with Gasteiger partial charge in [0.15, 0.2) is 0 Å². The van der Waals surface area contributed by atoms with E-state index in [2.05, 4.69) is 10.2 Å². The monoisotopic (exact) mass is 146 g/mol. The van der Waals surface area contributed by atoms with Crippen molar-refractivity contribution in [2.45, 2.75) is 20.0 Å². The van der Waals surface area contributed by atoms with Crippen LogP contribution in [0.5, 0.6) is 0 Å². The molecule has 1 N–H and O–H groups in total. The average molecular weight is 146 g/mol. The van der Waals surface area contributed by atoms with Crippen molar-refractivity contribution in [3.05, 3.63) is 17.2 Å². The molecule has 0 saturated heterocycles. The van der Waals surface area contributed by atoms with Crippen LogP contribution in [0.4, 0.5) is 8.78 Å². The fourth-order valence-electron chi connectivity index (χ4n) is 0.775. The minimum Gasteiger partial charge on any atom is -0.276 e. The normalized spacial score (nSPS) is 13.6. The van der Waals surface area contributed by atoms with Crippen molar-refractivity contribution in [3.8, 4) is 0 Å². The third-order valence-electron chi connectivity index (χ3n) is 1.39. The smallest absolute Gasteiger partial charge is 0.235 e. The topological polar surface area (TPSA) is 28.7 Å². The fourth-order valence-corrected chi connectivity index (χ4v) is 0.775. The van der Waals surface area contributed by atoms with E-state index >= 15 is 0 Å². The summed E-state index contributed by atoms with van der Waals surface area (Å²) in [5.41, 5.74) is 0.479. The van der Waals surface area contributed by atoms with Crippen LogP contribution in [0.1, 0.15) is 24.4 Å². The zero-order valence-corrected chi connectivity index (χ0v) is 5.78. The molecule has 0 bridgehead atoms. The summed E-state index contributed by atoms with van der Waals surface area (Å²) in [6.45, 7) is 2.82. The minimum atomic E-state index is -1.18. The summed E-state index contributed by atoms with van der Waals surface area (Å²) >= 11 is 0. The van der Waals surface area contributed by atoms with E-state index in [0.29, 0.717) is 0 Å². The molecule has 1 aromatic heterocycles. The highest BCUT2D eigenvalue weighted by Gasteiger charge is 2.12. The van der Waals surface area contributed by atoms with E-state index in [-0.39, 0.29) is 11.3 Å². The van der Waals surface area contributed by atoms with Gasteiger partial charge in [0.05, 0.1) is 5.69 Å². The van der Waals surface area contributed by atoms with Crippen molar-refractivity contribution in [1.29, 1.82) is 0 Å². The van der Waals surface area contributed by atoms with Crippen LogP contribution in [0, 0.1) is 12.9 Å². The third-order valence-corrected chi connectivity index (χ3v) is 1.39. The second-order valence-electron chi connectivity index (χ2n) is 2.17. The molecular formula is C6H8F2N2. The summed E-state index contributed by atoms with van der Waals surface area (Å²) < 4.78 is 24.9. The van der Waals surface area contributed by atoms with Gasteiger partial charge >= 0.3 is 0 Å². The quantitative estimate of drug-likeness (QED) is 0.643. The number of hydrogen-bond acceptors (Lipinski definition) is 1. The van der Waals surface area contributed by atoms with Crippen LogP contribution in [-0.4, -0.2) is 10.2 Å². The lowest BCUT2D eigenvalue weighted by atomic mass is 10.2. The van der Waals surface area contributed by atoms with E-state index in [9.17, 15) is 8.78 Å². The van der Waals surface area contributed by atoms with Crippen LogP contribution >= 0.6 is 0 Å². The molecule has 4 heteroatoms. The summed E-state index contributed by atoms with van der Waals surface area (Å²) in [5.74, 6) is -0.625. The van der Waals surface area contributed by atoms with Gasteiger partial charge in [-0.3, -0.25) is 5.10 Å². The molecule has 1 rings (SSSR count). The van der Waals surface area contributed by atoms with E-state index in [1.165, 1.54) is 13.8 Å². The first kappa shape index (κ1) is 7.18. The van der Waals surface area contributed by atoms with Crippen molar-refractivity contribution >= 4 is 0 Å². The second kappa shape index (κ2) is 2.36. The first-order chi connectivity index (χ1) is 4.63. The van der Waals surface area contributed by atoms with Gasteiger partial charge in [0.1, 0.15) is 6.17 Å². The van der Waals surface area contributed by atoms with Crippen molar-refractivity contribution in [2.75, 3.05) is 0 Å². The molecule has 1 heterocycles. The summed E-state index contributed by atoms with van der Waals surface area (Å²) in [7, 11) is 0. The molecule has 1 aromatic rings. The van der Waals surface area contributed by atoms with Crippen molar-refractivity contribution in [3.63, 3.8) is 0 Å². The van der Waals surface area contributed by atoms with Gasteiger partial charge in [-0.15, -0.1) is 5.10 Å². The van der Waals surface area contributed by atoms with Gasteiger partial charge in [-0.25, -0.2) is 4.39 Å². The largest absolute Gasteiger partial charge is 0.276 e. The number of halogens is 2. The maximum absolute atomic E-state index is 12.5. The van der Waals surface area contributed by atoms with E-state index in [0.717, 1.165) is 0 Å². The van der Waals surface area contributed by atoms with Gasteiger partial charge in [-0.1, -0.05) is 0 Å². The summed E-state index contributed by atoms with van der Waals surface area (Å²) in [5, 5.41) is 5.48. The molecule has 0 aliphatic rings. The molecule has 10 heavy (non-hydrogen) atoms. The van der Waals surface area contributed by atoms with Gasteiger partial charge in [0.2, 0.25) is 5.95 Å². The SMILES string of the molecule is Cc1c(F)n[nH]c1C(C)F. The lowest BCUT2D eigenvalue weighted by molar-refractivity contribution is 0.364. The molecule has 0 saturated carbocycles. The van der Waals surface area contributed by atoms with Gasteiger partial charge < -0.3 is 0 Å². The highest BCUT2D eigenvalue weighted by atomic mass is 19.1. The number of hydrogen-bond donors (Lipinski definition) is 1. The molecule has 1 atom stereocenters. The van der Waals surface area contributed by atoms with E-state index in [1.807, 2.05) is 0 Å². The summed E-state index contributed by atoms with van der Waals surface area (Å²) in [6, 6.07) is 0. The number of aromatic nitrogens is 2. The predicted octanol–water partition coefficient (Wildman–Crippen LogP) is 1.89. The highest BCUT2D eigenvalue weighted by molar-refractivity contribution is 5.17. The number of alkyl halides is 1. The van der Waals surface area contributed by atoms with E-state index < -0.39 is 12.1 Å². The van der Waals surface area contributed by atoms with Crippen LogP contribution < -0.4 is 0 Å². The maximum atomic E-state index is 12.5. The zero-order chi connectivity index (χ0) is 7.72. The first-order valence-corrected chi connectivity index (χ1v) is 2.97. The van der Waals surface area contributed by atoms with Crippen LogP contribution in [0.3, 0.4) is 0 Å². The Labute approximate surface area is 57.3 Å². The average Bonchev–Trinajstić information content (AvgIpc) is 2.14. The van der Waals surface area contributed by atoms with Gasteiger partial charge in [0.25, 0.3) is 0 Å².